The van der Waals surface area contributed by atoms with Gasteiger partial charge in [0, 0.05) is 26.3 Å². The summed E-state index contributed by atoms with van der Waals surface area (Å²) in [6.07, 6.45) is 5.86. The fraction of sp³-hybridized carbons (Fsp3) is 0.632. The number of hydrogen-bond donors (Lipinski definition) is 1. The number of amides is 1. The van der Waals surface area contributed by atoms with Crippen LogP contribution in [0.2, 0.25) is 0 Å². The van der Waals surface area contributed by atoms with Crippen LogP contribution in [0.1, 0.15) is 37.7 Å². The second-order valence-electron chi connectivity index (χ2n) is 7.03. The number of likely N-dealkylation sites (tertiary alicyclic amines) is 1. The summed E-state index contributed by atoms with van der Waals surface area (Å²) < 4.78 is 5.34. The summed E-state index contributed by atoms with van der Waals surface area (Å²) in [4.78, 5) is 14.7. The van der Waals surface area contributed by atoms with Crippen molar-refractivity contribution >= 4 is 5.91 Å². The van der Waals surface area contributed by atoms with Crippen LogP contribution in [0, 0.1) is 5.92 Å². The standard InChI is InChI=1S/C19H28N2O2/c20-19(10-14-23-15-11-19)18(22)21-12-8-17(9-13-21)7-6-16-4-2-1-3-5-16/h1-5,17H,6-15,20H2. The third-order valence-electron chi connectivity index (χ3n) is 5.40. The Bertz CT molecular complexity index is 503. The Morgan fingerprint density at radius 1 is 1.17 bits per heavy atom. The van der Waals surface area contributed by atoms with E-state index < -0.39 is 5.54 Å². The summed E-state index contributed by atoms with van der Waals surface area (Å²) in [5, 5.41) is 0. The van der Waals surface area contributed by atoms with Gasteiger partial charge in [-0.1, -0.05) is 30.3 Å². The average molecular weight is 316 g/mol. The summed E-state index contributed by atoms with van der Waals surface area (Å²) in [5.41, 5.74) is 7.06. The predicted octanol–water partition coefficient (Wildman–Crippen LogP) is 2.37. The number of nitrogens with two attached hydrogens (primary N) is 1. The molecule has 4 heteroatoms. The molecule has 0 unspecified atom stereocenters. The van der Waals surface area contributed by atoms with E-state index in [-0.39, 0.29) is 5.91 Å². The largest absolute Gasteiger partial charge is 0.381 e. The van der Waals surface area contributed by atoms with Crippen LogP contribution in [0.25, 0.3) is 0 Å². The monoisotopic (exact) mass is 316 g/mol. The van der Waals surface area contributed by atoms with Crippen molar-refractivity contribution < 1.29 is 9.53 Å². The third-order valence-corrected chi connectivity index (χ3v) is 5.40. The number of carbonyl (C=O) groups is 1. The topological polar surface area (TPSA) is 55.6 Å². The van der Waals surface area contributed by atoms with Crippen molar-refractivity contribution in [2.75, 3.05) is 26.3 Å². The van der Waals surface area contributed by atoms with Gasteiger partial charge in [-0.15, -0.1) is 0 Å². The zero-order valence-corrected chi connectivity index (χ0v) is 13.9. The minimum Gasteiger partial charge on any atom is -0.381 e. The number of ether oxygens (including phenoxy) is 1. The van der Waals surface area contributed by atoms with Gasteiger partial charge in [-0.2, -0.15) is 0 Å². The summed E-state index contributed by atoms with van der Waals surface area (Å²) in [6.45, 7) is 2.93. The summed E-state index contributed by atoms with van der Waals surface area (Å²) in [6, 6.07) is 10.7. The highest BCUT2D eigenvalue weighted by Crippen LogP contribution is 2.26. The van der Waals surface area contributed by atoms with E-state index in [2.05, 4.69) is 30.3 Å². The first-order valence-electron chi connectivity index (χ1n) is 8.87. The molecule has 23 heavy (non-hydrogen) atoms. The van der Waals surface area contributed by atoms with E-state index in [0.717, 1.165) is 38.3 Å². The van der Waals surface area contributed by atoms with Gasteiger partial charge in [0.2, 0.25) is 5.91 Å². The molecule has 126 valence electrons. The fourth-order valence-corrected chi connectivity index (χ4v) is 3.70. The van der Waals surface area contributed by atoms with Crippen LogP contribution in [0.3, 0.4) is 0 Å². The van der Waals surface area contributed by atoms with E-state index in [1.54, 1.807) is 0 Å². The molecule has 0 bridgehead atoms. The van der Waals surface area contributed by atoms with E-state index in [1.807, 2.05) is 4.90 Å². The van der Waals surface area contributed by atoms with Crippen LogP contribution in [0.5, 0.6) is 0 Å². The van der Waals surface area contributed by atoms with E-state index in [0.29, 0.717) is 26.1 Å². The first-order valence-corrected chi connectivity index (χ1v) is 8.87. The number of rotatable bonds is 4. The highest BCUT2D eigenvalue weighted by Gasteiger charge is 2.39. The number of aryl methyl sites for hydroxylation is 1. The molecule has 2 fully saturated rings. The lowest BCUT2D eigenvalue weighted by molar-refractivity contribution is -0.142. The molecule has 0 aliphatic carbocycles. The van der Waals surface area contributed by atoms with Gasteiger partial charge in [0.1, 0.15) is 0 Å². The zero-order valence-electron chi connectivity index (χ0n) is 13.9. The molecule has 0 atom stereocenters. The second-order valence-corrected chi connectivity index (χ2v) is 7.03. The van der Waals surface area contributed by atoms with Crippen molar-refractivity contribution in [3.8, 4) is 0 Å². The average Bonchev–Trinajstić information content (AvgIpc) is 2.61. The number of nitrogens with zero attached hydrogens (tertiary/aromatic N) is 1. The number of benzene rings is 1. The SMILES string of the molecule is NC1(C(=O)N2CCC(CCc3ccccc3)CC2)CCOCC1. The Hall–Kier alpha value is -1.39. The van der Waals surface area contributed by atoms with Gasteiger partial charge in [-0.25, -0.2) is 0 Å². The minimum atomic E-state index is -0.685. The Balaban J connectivity index is 1.45. The highest BCUT2D eigenvalue weighted by molar-refractivity contribution is 5.86. The van der Waals surface area contributed by atoms with Crippen molar-refractivity contribution in [1.29, 1.82) is 0 Å². The van der Waals surface area contributed by atoms with Crippen LogP contribution in [-0.2, 0) is 16.0 Å². The molecule has 1 aromatic rings. The maximum atomic E-state index is 12.7. The van der Waals surface area contributed by atoms with Gasteiger partial charge in [0.25, 0.3) is 0 Å². The van der Waals surface area contributed by atoms with Crippen LogP contribution in [0.4, 0.5) is 0 Å². The molecule has 0 aromatic heterocycles. The van der Waals surface area contributed by atoms with Crippen LogP contribution in [0.15, 0.2) is 30.3 Å². The third kappa shape index (κ3) is 4.12. The van der Waals surface area contributed by atoms with Gasteiger partial charge in [0.05, 0.1) is 5.54 Å². The molecule has 0 saturated carbocycles. The fourth-order valence-electron chi connectivity index (χ4n) is 3.70. The van der Waals surface area contributed by atoms with E-state index >= 15 is 0 Å². The lowest BCUT2D eigenvalue weighted by Crippen LogP contribution is -2.59. The van der Waals surface area contributed by atoms with E-state index in [1.165, 1.54) is 12.0 Å². The number of piperidine rings is 1. The van der Waals surface area contributed by atoms with Gasteiger partial charge in [0.15, 0.2) is 0 Å². The van der Waals surface area contributed by atoms with E-state index in [9.17, 15) is 4.79 Å². The zero-order chi connectivity index (χ0) is 16.1. The molecule has 4 nitrogen and oxygen atoms in total. The molecule has 2 aliphatic heterocycles. The van der Waals surface area contributed by atoms with Crippen LogP contribution in [-0.4, -0.2) is 42.6 Å². The first-order chi connectivity index (χ1) is 11.2. The summed E-state index contributed by atoms with van der Waals surface area (Å²) in [5.74, 6) is 0.866. The molecule has 0 radical (unpaired) electrons. The van der Waals surface area contributed by atoms with Crippen molar-refractivity contribution in [2.45, 2.75) is 44.1 Å². The molecule has 2 N–H and O–H groups in total. The van der Waals surface area contributed by atoms with Gasteiger partial charge in [-0.05, 0) is 50.0 Å². The highest BCUT2D eigenvalue weighted by atomic mass is 16.5. The Labute approximate surface area is 139 Å². The molecule has 1 aromatic carbocycles. The molecule has 3 rings (SSSR count). The molecule has 1 amide bonds. The maximum absolute atomic E-state index is 12.7. The minimum absolute atomic E-state index is 0.141. The van der Waals surface area contributed by atoms with Crippen molar-refractivity contribution in [3.63, 3.8) is 0 Å². The molecule has 2 heterocycles. The van der Waals surface area contributed by atoms with Gasteiger partial charge >= 0.3 is 0 Å². The van der Waals surface area contributed by atoms with Crippen molar-refractivity contribution in [1.82, 2.24) is 4.90 Å². The van der Waals surface area contributed by atoms with Crippen molar-refractivity contribution in [2.24, 2.45) is 11.7 Å². The molecule has 2 saturated heterocycles. The number of carbonyl (C=O) groups excluding carboxylic acids is 1. The molecular weight excluding hydrogens is 288 g/mol. The van der Waals surface area contributed by atoms with Crippen LogP contribution >= 0.6 is 0 Å². The lowest BCUT2D eigenvalue weighted by Gasteiger charge is -2.40. The molecular formula is C19H28N2O2. The maximum Gasteiger partial charge on any atom is 0.242 e. The Morgan fingerprint density at radius 2 is 1.83 bits per heavy atom. The predicted molar refractivity (Wildman–Crippen MR) is 91.0 cm³/mol. The van der Waals surface area contributed by atoms with Gasteiger partial charge < -0.3 is 15.4 Å². The Kier molecular flexibility index (Phi) is 5.34. The van der Waals surface area contributed by atoms with Crippen molar-refractivity contribution in [3.05, 3.63) is 35.9 Å². The Morgan fingerprint density at radius 3 is 2.48 bits per heavy atom. The summed E-state index contributed by atoms with van der Waals surface area (Å²) >= 11 is 0. The normalized spacial score (nSPS) is 22.0. The second kappa shape index (κ2) is 7.45. The molecule has 2 aliphatic rings. The summed E-state index contributed by atoms with van der Waals surface area (Å²) in [7, 11) is 0. The first kappa shape index (κ1) is 16.5. The quantitative estimate of drug-likeness (QED) is 0.928. The van der Waals surface area contributed by atoms with E-state index in [4.69, 9.17) is 10.5 Å². The molecule has 0 spiro atoms. The van der Waals surface area contributed by atoms with Crippen LogP contribution < -0.4 is 5.73 Å². The van der Waals surface area contributed by atoms with Gasteiger partial charge in [-0.3, -0.25) is 4.79 Å². The lowest BCUT2D eigenvalue weighted by atomic mass is 9.86. The number of hydrogen-bond acceptors (Lipinski definition) is 3. The smallest absolute Gasteiger partial charge is 0.242 e.